The standard InChI is InChI=1S/C62H62N4O/c1-59(2,3)44-24-19-25-48(34-44)64-41-65(55-31-28-46(37-57(55)64)61(7,8)42-20-13-11-14-21-42)49-35-47(62(9,10)43-22-15-12-16-23-43)36-51(39-49)67-50-29-30-53-52-26-17-18-27-54(52)66(56(53)40-50)58-38-45(32-33-63-58)60(4,5)6/h11-40H,41H2,1-10H3. The predicted molar refractivity (Wildman–Crippen MR) is 282 cm³/mol. The van der Waals surface area contributed by atoms with Crippen LogP contribution >= 0.6 is 0 Å². The van der Waals surface area contributed by atoms with Crippen LogP contribution in [0.5, 0.6) is 11.5 Å². The van der Waals surface area contributed by atoms with E-state index in [1.165, 1.54) is 50.1 Å². The van der Waals surface area contributed by atoms with E-state index in [9.17, 15) is 0 Å². The molecule has 1 aliphatic rings. The lowest BCUT2D eigenvalue weighted by molar-refractivity contribution is 0.480. The van der Waals surface area contributed by atoms with Gasteiger partial charge in [-0.25, -0.2) is 4.98 Å². The zero-order valence-corrected chi connectivity index (χ0v) is 40.7. The zero-order chi connectivity index (χ0) is 46.9. The maximum atomic E-state index is 7.11. The number of para-hydroxylation sites is 1. The molecule has 0 radical (unpaired) electrons. The van der Waals surface area contributed by atoms with Gasteiger partial charge in [0.05, 0.1) is 22.4 Å². The maximum absolute atomic E-state index is 7.11. The number of aromatic nitrogens is 2. The van der Waals surface area contributed by atoms with Gasteiger partial charge in [0.25, 0.3) is 0 Å². The quantitative estimate of drug-likeness (QED) is 0.145. The summed E-state index contributed by atoms with van der Waals surface area (Å²) < 4.78 is 9.40. The molecule has 0 fully saturated rings. The number of fused-ring (bicyclic) bond motifs is 4. The van der Waals surface area contributed by atoms with Crippen molar-refractivity contribution >= 4 is 44.6 Å². The van der Waals surface area contributed by atoms with E-state index in [-0.39, 0.29) is 21.7 Å². The summed E-state index contributed by atoms with van der Waals surface area (Å²) in [7, 11) is 0. The average molecular weight is 879 g/mol. The van der Waals surface area contributed by atoms with Crippen molar-refractivity contribution in [1.82, 2.24) is 9.55 Å². The number of pyridine rings is 1. The Hall–Kier alpha value is -7.11. The number of hydrogen-bond acceptors (Lipinski definition) is 4. The fourth-order valence-corrected chi connectivity index (χ4v) is 9.84. The van der Waals surface area contributed by atoms with Gasteiger partial charge in [0, 0.05) is 51.3 Å². The largest absolute Gasteiger partial charge is 0.457 e. The number of nitrogens with zero attached hydrogens (tertiary/aromatic N) is 4. The Bertz CT molecular complexity index is 3280. The highest BCUT2D eigenvalue weighted by Crippen LogP contribution is 2.49. The van der Waals surface area contributed by atoms with Crippen molar-refractivity contribution in [2.24, 2.45) is 0 Å². The second-order valence-corrected chi connectivity index (χ2v) is 21.5. The van der Waals surface area contributed by atoms with Gasteiger partial charge >= 0.3 is 0 Å². The van der Waals surface area contributed by atoms with Gasteiger partial charge in [0.2, 0.25) is 0 Å². The van der Waals surface area contributed by atoms with Crippen LogP contribution in [0.3, 0.4) is 0 Å². The van der Waals surface area contributed by atoms with Crippen LogP contribution in [0.2, 0.25) is 0 Å². The summed E-state index contributed by atoms with van der Waals surface area (Å²) in [6.45, 7) is 23.5. The van der Waals surface area contributed by atoms with E-state index in [0.29, 0.717) is 6.67 Å². The second-order valence-electron chi connectivity index (χ2n) is 21.5. The van der Waals surface area contributed by atoms with Gasteiger partial charge in [-0.3, -0.25) is 4.57 Å². The van der Waals surface area contributed by atoms with Crippen LogP contribution in [0.1, 0.15) is 103 Å². The SMILES string of the molecule is CC(C)(C)c1cccc(N2CN(c3cc(Oc4ccc5c6ccccc6n(-c6cc(C(C)(C)C)ccn6)c5c4)cc(C(C)(C)c4ccccc4)c3)c3ccc(C(C)(C)c4ccccc4)cc32)c1. The Labute approximate surface area is 397 Å². The number of rotatable bonds is 9. The summed E-state index contributed by atoms with van der Waals surface area (Å²) in [5, 5.41) is 2.34. The van der Waals surface area contributed by atoms with E-state index >= 15 is 0 Å². The third-order valence-corrected chi connectivity index (χ3v) is 14.2. The Morgan fingerprint density at radius 1 is 0.403 bits per heavy atom. The predicted octanol–water partition coefficient (Wildman–Crippen LogP) is 16.5. The molecule has 2 aromatic heterocycles. The normalized spacial score (nSPS) is 13.4. The van der Waals surface area contributed by atoms with Crippen LogP contribution in [0, 0.1) is 0 Å². The van der Waals surface area contributed by atoms with Crippen molar-refractivity contribution in [3.05, 3.63) is 216 Å². The molecule has 9 aromatic rings. The molecular formula is C62H62N4O. The summed E-state index contributed by atoms with van der Waals surface area (Å²) in [4.78, 5) is 9.89. The highest BCUT2D eigenvalue weighted by Gasteiger charge is 2.34. The van der Waals surface area contributed by atoms with Gasteiger partial charge in [0.1, 0.15) is 24.0 Å². The molecule has 5 nitrogen and oxygen atoms in total. The van der Waals surface area contributed by atoms with Gasteiger partial charge < -0.3 is 14.5 Å². The average Bonchev–Trinajstić information content (AvgIpc) is 3.87. The molecule has 1 aliphatic heterocycles. The van der Waals surface area contributed by atoms with Crippen molar-refractivity contribution in [3.63, 3.8) is 0 Å². The molecule has 5 heteroatoms. The Kier molecular flexibility index (Phi) is 10.7. The van der Waals surface area contributed by atoms with Gasteiger partial charge in [-0.05, 0) is 111 Å². The van der Waals surface area contributed by atoms with Crippen molar-refractivity contribution in [1.29, 1.82) is 0 Å². The van der Waals surface area contributed by atoms with Gasteiger partial charge in [-0.15, -0.1) is 0 Å². The van der Waals surface area contributed by atoms with Crippen LogP contribution in [-0.4, -0.2) is 16.2 Å². The Morgan fingerprint density at radius 2 is 1.00 bits per heavy atom. The summed E-state index contributed by atoms with van der Waals surface area (Å²) in [5.41, 5.74) is 13.7. The molecule has 0 bridgehead atoms. The summed E-state index contributed by atoms with van der Waals surface area (Å²) in [5.74, 6) is 2.44. The van der Waals surface area contributed by atoms with Crippen molar-refractivity contribution in [2.45, 2.75) is 90.9 Å². The van der Waals surface area contributed by atoms with Crippen LogP contribution in [0.4, 0.5) is 22.7 Å². The molecular weight excluding hydrogens is 817 g/mol. The number of benzene rings is 7. The first-order valence-electron chi connectivity index (χ1n) is 23.7. The molecule has 0 saturated heterocycles. The highest BCUT2D eigenvalue weighted by molar-refractivity contribution is 6.09. The summed E-state index contributed by atoms with van der Waals surface area (Å²) >= 11 is 0. The molecule has 0 saturated carbocycles. The zero-order valence-electron chi connectivity index (χ0n) is 40.7. The van der Waals surface area contributed by atoms with Crippen molar-refractivity contribution in [3.8, 4) is 17.3 Å². The van der Waals surface area contributed by atoms with Crippen LogP contribution in [-0.2, 0) is 21.7 Å². The van der Waals surface area contributed by atoms with E-state index in [1.807, 2.05) is 6.20 Å². The van der Waals surface area contributed by atoms with Crippen LogP contribution in [0.25, 0.3) is 27.6 Å². The third-order valence-electron chi connectivity index (χ3n) is 14.2. The Morgan fingerprint density at radius 3 is 1.70 bits per heavy atom. The monoisotopic (exact) mass is 878 g/mol. The lowest BCUT2D eigenvalue weighted by atomic mass is 9.77. The summed E-state index contributed by atoms with van der Waals surface area (Å²) in [6.07, 6.45) is 1.93. The molecule has 10 rings (SSSR count). The van der Waals surface area contributed by atoms with Gasteiger partial charge in [0.15, 0.2) is 0 Å². The minimum absolute atomic E-state index is 0.00332. The molecule has 67 heavy (non-hydrogen) atoms. The first-order valence-corrected chi connectivity index (χ1v) is 23.7. The lowest BCUT2D eigenvalue weighted by Crippen LogP contribution is -2.25. The van der Waals surface area contributed by atoms with Crippen molar-refractivity contribution < 1.29 is 4.74 Å². The van der Waals surface area contributed by atoms with Crippen LogP contribution in [0.15, 0.2) is 182 Å². The Balaban J connectivity index is 1.12. The van der Waals surface area contributed by atoms with E-state index < -0.39 is 0 Å². The molecule has 0 unspecified atom stereocenters. The lowest BCUT2D eigenvalue weighted by Gasteiger charge is -2.29. The van der Waals surface area contributed by atoms with E-state index in [2.05, 4.69) is 260 Å². The smallest absolute Gasteiger partial charge is 0.137 e. The molecule has 0 spiro atoms. The van der Waals surface area contributed by atoms with Gasteiger partial charge in [-0.1, -0.05) is 166 Å². The van der Waals surface area contributed by atoms with E-state index in [4.69, 9.17) is 9.72 Å². The molecule has 0 aliphatic carbocycles. The third kappa shape index (κ3) is 8.05. The fraction of sp³-hybridized carbons (Fsp3) is 0.242. The minimum atomic E-state index is -0.331. The first-order chi connectivity index (χ1) is 32.0. The van der Waals surface area contributed by atoms with Crippen molar-refractivity contribution in [2.75, 3.05) is 16.5 Å². The summed E-state index contributed by atoms with van der Waals surface area (Å²) in [6, 6.07) is 64.1. The van der Waals surface area contributed by atoms with Crippen LogP contribution < -0.4 is 14.5 Å². The number of anilines is 4. The molecule has 7 aromatic carbocycles. The highest BCUT2D eigenvalue weighted by atomic mass is 16.5. The topological polar surface area (TPSA) is 33.5 Å². The second kappa shape index (κ2) is 16.3. The number of ether oxygens (including phenoxy) is 1. The molecule has 336 valence electrons. The number of hydrogen-bond donors (Lipinski definition) is 0. The maximum Gasteiger partial charge on any atom is 0.137 e. The molecule has 0 N–H and O–H groups in total. The molecule has 0 atom stereocenters. The first kappa shape index (κ1) is 43.8. The van der Waals surface area contributed by atoms with E-state index in [1.54, 1.807) is 0 Å². The minimum Gasteiger partial charge on any atom is -0.457 e. The van der Waals surface area contributed by atoms with E-state index in [0.717, 1.165) is 45.1 Å². The molecule has 0 amide bonds. The fourth-order valence-electron chi connectivity index (χ4n) is 9.84. The van der Waals surface area contributed by atoms with Gasteiger partial charge in [-0.2, -0.15) is 0 Å². The molecule has 3 heterocycles.